The zero-order valence-electron chi connectivity index (χ0n) is 13.3. The van der Waals surface area contributed by atoms with Crippen molar-refractivity contribution < 1.29 is 23.8 Å². The van der Waals surface area contributed by atoms with Gasteiger partial charge in [0.25, 0.3) is 0 Å². The SMILES string of the molecule is C#CC(CC1=CC(=O)OC(C)(C)O1)(OC(C)=O)C1CCCC1. The van der Waals surface area contributed by atoms with Crippen molar-refractivity contribution in [1.29, 1.82) is 0 Å². The van der Waals surface area contributed by atoms with Crippen molar-refractivity contribution in [3.05, 3.63) is 11.8 Å². The number of esters is 2. The molecule has 5 heteroatoms. The molecule has 1 heterocycles. The standard InChI is InChI=1S/C17H22O5/c1-5-17(20-12(2)18,13-8-6-7-9-13)11-14-10-15(19)22-16(3,4)21-14/h1,10,13H,6-9,11H2,2-4H3. The molecule has 120 valence electrons. The van der Waals surface area contributed by atoms with Gasteiger partial charge < -0.3 is 14.2 Å². The number of carbonyl (C=O) groups excluding carboxylic acids is 2. The molecule has 0 radical (unpaired) electrons. The van der Waals surface area contributed by atoms with E-state index in [1.807, 2.05) is 0 Å². The first kappa shape index (κ1) is 16.4. The Kier molecular flexibility index (Phi) is 4.50. The van der Waals surface area contributed by atoms with Gasteiger partial charge in [0.2, 0.25) is 5.79 Å². The van der Waals surface area contributed by atoms with Crippen LogP contribution in [0.4, 0.5) is 0 Å². The largest absolute Gasteiger partial charge is 0.457 e. The molecule has 1 unspecified atom stereocenters. The molecule has 1 aliphatic heterocycles. The number of rotatable bonds is 4. The molecule has 0 aromatic heterocycles. The third kappa shape index (κ3) is 3.62. The summed E-state index contributed by atoms with van der Waals surface area (Å²) in [6.07, 6.45) is 11.1. The van der Waals surface area contributed by atoms with Crippen LogP contribution in [0.2, 0.25) is 0 Å². The molecular formula is C17H22O5. The minimum Gasteiger partial charge on any atom is -0.457 e. The maximum atomic E-state index is 11.7. The van der Waals surface area contributed by atoms with E-state index < -0.39 is 23.3 Å². The van der Waals surface area contributed by atoms with Gasteiger partial charge >= 0.3 is 11.9 Å². The van der Waals surface area contributed by atoms with Crippen LogP contribution in [0.15, 0.2) is 11.8 Å². The molecule has 0 amide bonds. The third-order valence-electron chi connectivity index (χ3n) is 4.02. The summed E-state index contributed by atoms with van der Waals surface area (Å²) in [7, 11) is 0. The van der Waals surface area contributed by atoms with Crippen LogP contribution in [0.5, 0.6) is 0 Å². The van der Waals surface area contributed by atoms with Crippen LogP contribution in [0.3, 0.4) is 0 Å². The number of terminal acetylenes is 1. The fourth-order valence-electron chi connectivity index (χ4n) is 3.23. The number of carbonyl (C=O) groups is 2. The first-order valence-corrected chi connectivity index (χ1v) is 7.56. The first-order valence-electron chi connectivity index (χ1n) is 7.56. The summed E-state index contributed by atoms with van der Waals surface area (Å²) in [5.41, 5.74) is -1.07. The highest BCUT2D eigenvalue weighted by atomic mass is 16.7. The van der Waals surface area contributed by atoms with Crippen molar-refractivity contribution in [3.8, 4) is 12.3 Å². The van der Waals surface area contributed by atoms with Crippen molar-refractivity contribution >= 4 is 11.9 Å². The second kappa shape index (κ2) is 6.04. The van der Waals surface area contributed by atoms with E-state index in [9.17, 15) is 9.59 Å². The summed E-state index contributed by atoms with van der Waals surface area (Å²) < 4.78 is 16.3. The Balaban J connectivity index is 2.28. The number of hydrogen-bond donors (Lipinski definition) is 0. The van der Waals surface area contributed by atoms with E-state index in [2.05, 4.69) is 5.92 Å². The maximum Gasteiger partial charge on any atom is 0.337 e. The van der Waals surface area contributed by atoms with E-state index in [-0.39, 0.29) is 12.3 Å². The van der Waals surface area contributed by atoms with Gasteiger partial charge in [-0.05, 0) is 12.8 Å². The Labute approximate surface area is 131 Å². The molecule has 0 spiro atoms. The Morgan fingerprint density at radius 2 is 2.09 bits per heavy atom. The van der Waals surface area contributed by atoms with Gasteiger partial charge in [-0.2, -0.15) is 0 Å². The Hall–Kier alpha value is -1.96. The Bertz CT molecular complexity index is 534. The normalized spacial score (nSPS) is 23.5. The van der Waals surface area contributed by atoms with Crippen molar-refractivity contribution in [1.82, 2.24) is 0 Å². The lowest BCUT2D eigenvalue weighted by Gasteiger charge is -2.37. The average molecular weight is 306 g/mol. The van der Waals surface area contributed by atoms with Crippen LogP contribution >= 0.6 is 0 Å². The molecule has 2 aliphatic rings. The quantitative estimate of drug-likeness (QED) is 0.590. The van der Waals surface area contributed by atoms with Crippen LogP contribution in [0.1, 0.15) is 52.9 Å². The van der Waals surface area contributed by atoms with Crippen molar-refractivity contribution in [2.75, 3.05) is 0 Å². The van der Waals surface area contributed by atoms with E-state index in [1.165, 1.54) is 13.0 Å². The van der Waals surface area contributed by atoms with Gasteiger partial charge in [0.15, 0.2) is 5.60 Å². The predicted molar refractivity (Wildman–Crippen MR) is 79.2 cm³/mol. The highest BCUT2D eigenvalue weighted by Gasteiger charge is 2.44. The van der Waals surface area contributed by atoms with Crippen molar-refractivity contribution in [3.63, 3.8) is 0 Å². The van der Waals surface area contributed by atoms with Crippen molar-refractivity contribution in [2.24, 2.45) is 5.92 Å². The average Bonchev–Trinajstić information content (AvgIpc) is 2.88. The zero-order chi connectivity index (χ0) is 16.4. The molecule has 0 aromatic carbocycles. The van der Waals surface area contributed by atoms with Gasteiger partial charge in [0, 0.05) is 26.7 Å². The van der Waals surface area contributed by atoms with Crippen molar-refractivity contribution in [2.45, 2.75) is 64.3 Å². The van der Waals surface area contributed by atoms with E-state index in [0.29, 0.717) is 5.76 Å². The van der Waals surface area contributed by atoms with Crippen LogP contribution in [-0.4, -0.2) is 23.3 Å². The smallest absolute Gasteiger partial charge is 0.337 e. The zero-order valence-corrected chi connectivity index (χ0v) is 13.3. The van der Waals surface area contributed by atoms with Gasteiger partial charge in [-0.15, -0.1) is 6.42 Å². The molecule has 5 nitrogen and oxygen atoms in total. The molecule has 1 saturated carbocycles. The second-order valence-corrected chi connectivity index (χ2v) is 6.32. The van der Waals surface area contributed by atoms with Gasteiger partial charge in [0.05, 0.1) is 12.5 Å². The lowest BCUT2D eigenvalue weighted by atomic mass is 9.82. The van der Waals surface area contributed by atoms with Gasteiger partial charge in [-0.3, -0.25) is 4.79 Å². The first-order chi connectivity index (χ1) is 10.3. The summed E-state index contributed by atoms with van der Waals surface area (Å²) >= 11 is 0. The van der Waals surface area contributed by atoms with Gasteiger partial charge in [-0.1, -0.05) is 18.8 Å². The van der Waals surface area contributed by atoms with E-state index >= 15 is 0 Å². The number of cyclic esters (lactones) is 1. The van der Waals surface area contributed by atoms with Crippen LogP contribution < -0.4 is 0 Å². The number of ether oxygens (including phenoxy) is 3. The monoisotopic (exact) mass is 306 g/mol. The summed E-state index contributed by atoms with van der Waals surface area (Å²) in [6.45, 7) is 4.64. The maximum absolute atomic E-state index is 11.7. The summed E-state index contributed by atoms with van der Waals surface area (Å²) in [4.78, 5) is 23.2. The van der Waals surface area contributed by atoms with Crippen LogP contribution in [0.25, 0.3) is 0 Å². The summed E-state index contributed by atoms with van der Waals surface area (Å²) in [6, 6.07) is 0. The van der Waals surface area contributed by atoms with E-state index in [4.69, 9.17) is 20.6 Å². The summed E-state index contributed by atoms with van der Waals surface area (Å²) in [5.74, 6) is 1.18. The van der Waals surface area contributed by atoms with Crippen LogP contribution in [0, 0.1) is 18.3 Å². The molecule has 2 rings (SSSR count). The lowest BCUT2D eigenvalue weighted by Crippen LogP contribution is -2.43. The molecule has 22 heavy (non-hydrogen) atoms. The fourth-order valence-corrected chi connectivity index (χ4v) is 3.23. The molecule has 0 bridgehead atoms. The highest BCUT2D eigenvalue weighted by molar-refractivity contribution is 5.83. The molecule has 1 atom stereocenters. The van der Waals surface area contributed by atoms with Gasteiger partial charge in [0.1, 0.15) is 5.76 Å². The molecular weight excluding hydrogens is 284 g/mol. The topological polar surface area (TPSA) is 61.8 Å². The minimum absolute atomic E-state index is 0.0759. The molecule has 0 N–H and O–H groups in total. The predicted octanol–water partition coefficient (Wildman–Crippen LogP) is 2.70. The molecule has 1 fully saturated rings. The van der Waals surface area contributed by atoms with E-state index in [0.717, 1.165) is 25.7 Å². The Morgan fingerprint density at radius 3 is 2.59 bits per heavy atom. The molecule has 1 aliphatic carbocycles. The van der Waals surface area contributed by atoms with Crippen LogP contribution in [-0.2, 0) is 23.8 Å². The number of hydrogen-bond acceptors (Lipinski definition) is 5. The lowest BCUT2D eigenvalue weighted by molar-refractivity contribution is -0.208. The minimum atomic E-state index is -1.07. The Morgan fingerprint density at radius 1 is 1.45 bits per heavy atom. The second-order valence-electron chi connectivity index (χ2n) is 6.32. The van der Waals surface area contributed by atoms with E-state index in [1.54, 1.807) is 13.8 Å². The summed E-state index contributed by atoms with van der Waals surface area (Å²) in [5, 5.41) is 0. The third-order valence-corrected chi connectivity index (χ3v) is 4.02. The fraction of sp³-hybridized carbons (Fsp3) is 0.647. The highest BCUT2D eigenvalue weighted by Crippen LogP contribution is 2.41. The molecule has 0 saturated heterocycles. The molecule has 0 aromatic rings. The van der Waals surface area contributed by atoms with Gasteiger partial charge in [-0.25, -0.2) is 4.79 Å².